The Hall–Kier alpha value is -5.29. The van der Waals surface area contributed by atoms with Crippen LogP contribution < -0.4 is 16.0 Å². The van der Waals surface area contributed by atoms with Gasteiger partial charge in [0.05, 0.1) is 15.9 Å². The molecule has 11 heteroatoms. The van der Waals surface area contributed by atoms with Crippen LogP contribution in [-0.2, 0) is 9.59 Å². The van der Waals surface area contributed by atoms with Crippen LogP contribution in [0.25, 0.3) is 6.08 Å². The number of carbonyl (C=O) groups is 3. The number of anilines is 2. The third-order valence-electron chi connectivity index (χ3n) is 6.17. The molecule has 0 radical (unpaired) electrons. The molecular formula is C32H27FN4O5S. The van der Waals surface area contributed by atoms with Gasteiger partial charge in [-0.2, -0.15) is 0 Å². The summed E-state index contributed by atoms with van der Waals surface area (Å²) >= 11 is 1.23. The van der Waals surface area contributed by atoms with Gasteiger partial charge >= 0.3 is 0 Å². The largest absolute Gasteiger partial charge is 0.325 e. The molecule has 0 saturated heterocycles. The zero-order valence-electron chi connectivity index (χ0n) is 23.2. The van der Waals surface area contributed by atoms with Crippen molar-refractivity contribution < 1.29 is 23.7 Å². The van der Waals surface area contributed by atoms with Crippen LogP contribution in [0.5, 0.6) is 0 Å². The third-order valence-corrected chi connectivity index (χ3v) is 7.27. The number of nitrogens with zero attached hydrogens (tertiary/aromatic N) is 1. The number of aryl methyl sites for hydroxylation is 1. The first kappa shape index (κ1) is 30.7. The summed E-state index contributed by atoms with van der Waals surface area (Å²) in [6.07, 6.45) is 1.44. The minimum Gasteiger partial charge on any atom is -0.325 e. The second-order valence-corrected chi connectivity index (χ2v) is 10.8. The van der Waals surface area contributed by atoms with Crippen molar-refractivity contribution in [1.82, 2.24) is 5.32 Å². The molecule has 0 fully saturated rings. The Bertz CT molecular complexity index is 1690. The van der Waals surface area contributed by atoms with E-state index in [0.717, 1.165) is 0 Å². The van der Waals surface area contributed by atoms with E-state index in [4.69, 9.17) is 0 Å². The third kappa shape index (κ3) is 8.60. The Labute approximate surface area is 251 Å². The lowest BCUT2D eigenvalue weighted by Crippen LogP contribution is -2.30. The summed E-state index contributed by atoms with van der Waals surface area (Å²) in [4.78, 5) is 50.3. The lowest BCUT2D eigenvalue weighted by Gasteiger charge is -2.15. The van der Waals surface area contributed by atoms with Crippen molar-refractivity contribution in [3.05, 3.63) is 135 Å². The molecule has 1 atom stereocenters. The molecule has 4 aromatic carbocycles. The molecule has 9 nitrogen and oxygen atoms in total. The minimum absolute atomic E-state index is 0.0569. The summed E-state index contributed by atoms with van der Waals surface area (Å²) in [6.45, 7) is 3.44. The van der Waals surface area contributed by atoms with Crippen LogP contribution >= 0.6 is 11.8 Å². The van der Waals surface area contributed by atoms with Crippen LogP contribution in [0.4, 0.5) is 21.5 Å². The average molecular weight is 599 g/mol. The van der Waals surface area contributed by atoms with Gasteiger partial charge in [0.2, 0.25) is 5.91 Å². The summed E-state index contributed by atoms with van der Waals surface area (Å²) in [7, 11) is 0. The van der Waals surface area contributed by atoms with Crippen molar-refractivity contribution in [3.8, 4) is 0 Å². The fourth-order valence-corrected chi connectivity index (χ4v) is 4.79. The molecule has 4 rings (SSSR count). The molecule has 0 aliphatic heterocycles. The van der Waals surface area contributed by atoms with Crippen LogP contribution in [0.15, 0.2) is 108 Å². The highest BCUT2D eigenvalue weighted by Crippen LogP contribution is 2.28. The van der Waals surface area contributed by atoms with E-state index in [9.17, 15) is 28.9 Å². The topological polar surface area (TPSA) is 130 Å². The van der Waals surface area contributed by atoms with Crippen LogP contribution in [0.2, 0.25) is 0 Å². The molecule has 0 spiro atoms. The number of hydrogen-bond donors (Lipinski definition) is 3. The Morgan fingerprint density at radius 3 is 2.33 bits per heavy atom. The Kier molecular flexibility index (Phi) is 10.0. The molecule has 0 aromatic heterocycles. The summed E-state index contributed by atoms with van der Waals surface area (Å²) < 4.78 is 13.4. The van der Waals surface area contributed by atoms with E-state index in [1.165, 1.54) is 54.2 Å². The van der Waals surface area contributed by atoms with E-state index in [1.807, 2.05) is 0 Å². The molecule has 3 N–H and O–H groups in total. The highest BCUT2D eigenvalue weighted by molar-refractivity contribution is 8.00. The maximum Gasteiger partial charge on any atom is 0.272 e. The van der Waals surface area contributed by atoms with E-state index >= 15 is 0 Å². The maximum absolute atomic E-state index is 13.4. The fourth-order valence-electron chi connectivity index (χ4n) is 3.86. The first-order valence-electron chi connectivity index (χ1n) is 13.1. The van der Waals surface area contributed by atoms with Gasteiger partial charge < -0.3 is 16.0 Å². The second kappa shape index (κ2) is 14.1. The lowest BCUT2D eigenvalue weighted by atomic mass is 10.1. The quantitative estimate of drug-likeness (QED) is 0.0819. The van der Waals surface area contributed by atoms with E-state index in [0.29, 0.717) is 33.0 Å². The standard InChI is InChI=1S/C32H27FN4O5S/c1-20-11-16-26(37(41)42)19-28(20)35-30(38)21(2)43-27-10-6-9-25(18-27)34-32(40)29(17-22-12-14-24(33)15-13-22)36-31(39)23-7-4-3-5-8-23/h3-19,21H,1-2H3,(H,34,40)(H,35,38)(H,36,39)/b29-17-. The van der Waals surface area contributed by atoms with Crippen molar-refractivity contribution in [2.24, 2.45) is 0 Å². The molecule has 218 valence electrons. The maximum atomic E-state index is 13.4. The zero-order chi connectivity index (χ0) is 30.9. The molecule has 1 unspecified atom stereocenters. The number of rotatable bonds is 10. The van der Waals surface area contributed by atoms with Gasteiger partial charge in [0.1, 0.15) is 11.5 Å². The monoisotopic (exact) mass is 598 g/mol. The number of halogens is 1. The molecule has 3 amide bonds. The van der Waals surface area contributed by atoms with Crippen molar-refractivity contribution >= 4 is 52.6 Å². The SMILES string of the molecule is Cc1ccc([N+](=O)[O-])cc1NC(=O)C(C)Sc1cccc(NC(=O)/C(=C/c2ccc(F)cc2)NC(=O)c2ccccc2)c1. The molecule has 43 heavy (non-hydrogen) atoms. The number of amides is 3. The first-order chi connectivity index (χ1) is 20.6. The minimum atomic E-state index is -0.609. The van der Waals surface area contributed by atoms with Gasteiger partial charge in [0.15, 0.2) is 0 Å². The second-order valence-electron chi connectivity index (χ2n) is 9.42. The van der Waals surface area contributed by atoms with Crippen LogP contribution in [0, 0.1) is 22.9 Å². The van der Waals surface area contributed by atoms with Gasteiger partial charge in [-0.05, 0) is 73.5 Å². The summed E-state index contributed by atoms with van der Waals surface area (Å²) in [6, 6.07) is 24.9. The van der Waals surface area contributed by atoms with E-state index < -0.39 is 27.8 Å². The number of benzene rings is 4. The molecule has 0 saturated carbocycles. The van der Waals surface area contributed by atoms with Crippen molar-refractivity contribution in [1.29, 1.82) is 0 Å². The number of non-ortho nitro benzene ring substituents is 1. The van der Waals surface area contributed by atoms with Crippen LogP contribution in [0.1, 0.15) is 28.4 Å². The van der Waals surface area contributed by atoms with Crippen molar-refractivity contribution in [2.75, 3.05) is 10.6 Å². The average Bonchev–Trinajstić information content (AvgIpc) is 2.99. The first-order valence-corrected chi connectivity index (χ1v) is 13.9. The van der Waals surface area contributed by atoms with Gasteiger partial charge in [0, 0.05) is 28.3 Å². The van der Waals surface area contributed by atoms with Crippen molar-refractivity contribution in [2.45, 2.75) is 24.0 Å². The molecular weight excluding hydrogens is 571 g/mol. The predicted octanol–water partition coefficient (Wildman–Crippen LogP) is 6.57. The van der Waals surface area contributed by atoms with E-state index in [-0.39, 0.29) is 17.3 Å². The number of nitro benzene ring substituents is 1. The normalized spacial score (nSPS) is 11.7. The van der Waals surface area contributed by atoms with E-state index in [2.05, 4.69) is 16.0 Å². The highest BCUT2D eigenvalue weighted by atomic mass is 32.2. The Morgan fingerprint density at radius 1 is 0.907 bits per heavy atom. The number of carbonyl (C=O) groups excluding carboxylic acids is 3. The van der Waals surface area contributed by atoms with Gasteiger partial charge in [-0.15, -0.1) is 11.8 Å². The summed E-state index contributed by atoms with van der Waals surface area (Å²) in [5.74, 6) is -1.89. The molecule has 0 aliphatic rings. The van der Waals surface area contributed by atoms with Gasteiger partial charge in [0.25, 0.3) is 17.5 Å². The summed E-state index contributed by atoms with van der Waals surface area (Å²) in [5.41, 5.74) is 2.12. The molecule has 0 aliphatic carbocycles. The molecule has 4 aromatic rings. The van der Waals surface area contributed by atoms with Crippen molar-refractivity contribution in [3.63, 3.8) is 0 Å². The highest BCUT2D eigenvalue weighted by Gasteiger charge is 2.19. The zero-order valence-corrected chi connectivity index (χ0v) is 24.0. The Balaban J connectivity index is 1.48. The van der Waals surface area contributed by atoms with Crippen LogP contribution in [-0.4, -0.2) is 27.9 Å². The molecule has 0 bridgehead atoms. The number of nitro groups is 1. The number of hydrogen-bond acceptors (Lipinski definition) is 6. The van der Waals surface area contributed by atoms with E-state index in [1.54, 1.807) is 74.5 Å². The molecule has 0 heterocycles. The smallest absolute Gasteiger partial charge is 0.272 e. The lowest BCUT2D eigenvalue weighted by molar-refractivity contribution is -0.384. The number of nitrogens with one attached hydrogen (secondary N) is 3. The fraction of sp³-hybridized carbons (Fsp3) is 0.0938. The Morgan fingerprint density at radius 2 is 1.63 bits per heavy atom. The van der Waals surface area contributed by atoms with Gasteiger partial charge in [-0.25, -0.2) is 4.39 Å². The van der Waals surface area contributed by atoms with Gasteiger partial charge in [-0.1, -0.05) is 42.5 Å². The number of thioether (sulfide) groups is 1. The predicted molar refractivity (Wildman–Crippen MR) is 165 cm³/mol. The van der Waals surface area contributed by atoms with Gasteiger partial charge in [-0.3, -0.25) is 24.5 Å². The summed E-state index contributed by atoms with van der Waals surface area (Å²) in [5, 5.41) is 18.7. The van der Waals surface area contributed by atoms with Crippen LogP contribution in [0.3, 0.4) is 0 Å².